The largest absolute Gasteiger partial charge is 0.376 e. The lowest BCUT2D eigenvalue weighted by molar-refractivity contribution is -0.152. The second kappa shape index (κ2) is 7.21. The van der Waals surface area contributed by atoms with E-state index in [2.05, 4.69) is 0 Å². The maximum atomic E-state index is 5.59. The van der Waals surface area contributed by atoms with Gasteiger partial charge in [0.25, 0.3) is 0 Å². The van der Waals surface area contributed by atoms with Crippen LogP contribution < -0.4 is 0 Å². The van der Waals surface area contributed by atoms with Gasteiger partial charge in [0.05, 0.1) is 12.2 Å². The van der Waals surface area contributed by atoms with Crippen LogP contribution in [-0.4, -0.2) is 31.7 Å². The van der Waals surface area contributed by atoms with Crippen molar-refractivity contribution in [1.29, 1.82) is 0 Å². The molecule has 0 unspecified atom stereocenters. The molecule has 0 saturated carbocycles. The van der Waals surface area contributed by atoms with E-state index in [0.29, 0.717) is 19.8 Å². The van der Waals surface area contributed by atoms with Gasteiger partial charge in [0, 0.05) is 19.6 Å². The Balaban J connectivity index is 3.60. The van der Waals surface area contributed by atoms with Crippen LogP contribution in [0.4, 0.5) is 0 Å². The Labute approximate surface area is 87.7 Å². The minimum Gasteiger partial charge on any atom is -0.376 e. The van der Waals surface area contributed by atoms with Crippen molar-refractivity contribution in [3.05, 3.63) is 0 Å². The highest BCUT2D eigenvalue weighted by Crippen LogP contribution is 2.09. The molecule has 0 aliphatic carbocycles. The maximum absolute atomic E-state index is 5.59. The highest BCUT2D eigenvalue weighted by atomic mass is 16.7. The van der Waals surface area contributed by atoms with Gasteiger partial charge in [-0.1, -0.05) is 0 Å². The molecule has 86 valence electrons. The Morgan fingerprint density at radius 2 is 1.50 bits per heavy atom. The predicted octanol–water partition coefficient (Wildman–Crippen LogP) is 2.59. The molecule has 0 rings (SSSR count). The molecule has 0 fully saturated rings. The van der Waals surface area contributed by atoms with Crippen LogP contribution in [0, 0.1) is 0 Å². The molecular formula is C11H24O3. The van der Waals surface area contributed by atoms with Gasteiger partial charge in [-0.3, -0.25) is 0 Å². The number of rotatable bonds is 7. The SMILES string of the molecule is CCOC(CCOC(C)(C)C)OCC. The minimum absolute atomic E-state index is 0.0804. The van der Waals surface area contributed by atoms with Crippen LogP contribution in [0.5, 0.6) is 0 Å². The Morgan fingerprint density at radius 3 is 1.86 bits per heavy atom. The monoisotopic (exact) mass is 204 g/mol. The van der Waals surface area contributed by atoms with Crippen LogP contribution >= 0.6 is 0 Å². The molecule has 0 aromatic rings. The molecule has 0 bridgehead atoms. The summed E-state index contributed by atoms with van der Waals surface area (Å²) in [7, 11) is 0. The fourth-order valence-corrected chi connectivity index (χ4v) is 1.05. The Morgan fingerprint density at radius 1 is 1.00 bits per heavy atom. The average Bonchev–Trinajstić information content (AvgIpc) is 2.02. The summed E-state index contributed by atoms with van der Waals surface area (Å²) in [6.45, 7) is 12.1. The zero-order valence-corrected chi connectivity index (χ0v) is 10.1. The predicted molar refractivity (Wildman–Crippen MR) is 57.4 cm³/mol. The van der Waals surface area contributed by atoms with E-state index in [-0.39, 0.29) is 11.9 Å². The molecule has 0 amide bonds. The quantitative estimate of drug-likeness (QED) is 0.597. The highest BCUT2D eigenvalue weighted by Gasteiger charge is 2.12. The van der Waals surface area contributed by atoms with Crippen molar-refractivity contribution in [2.24, 2.45) is 0 Å². The van der Waals surface area contributed by atoms with Gasteiger partial charge in [-0.2, -0.15) is 0 Å². The summed E-state index contributed by atoms with van der Waals surface area (Å²) in [6.07, 6.45) is 0.672. The van der Waals surface area contributed by atoms with Gasteiger partial charge in [0.15, 0.2) is 6.29 Å². The molecular weight excluding hydrogens is 180 g/mol. The van der Waals surface area contributed by atoms with Gasteiger partial charge in [0.2, 0.25) is 0 Å². The standard InChI is InChI=1S/C11H24O3/c1-6-12-10(13-7-2)8-9-14-11(3,4)5/h10H,6-9H2,1-5H3. The summed E-state index contributed by atoms with van der Waals surface area (Å²) in [5, 5.41) is 0. The second-order valence-corrected chi connectivity index (χ2v) is 4.09. The first kappa shape index (κ1) is 13.9. The van der Waals surface area contributed by atoms with E-state index in [0.717, 1.165) is 6.42 Å². The second-order valence-electron chi connectivity index (χ2n) is 4.09. The van der Waals surface area contributed by atoms with Crippen molar-refractivity contribution in [3.8, 4) is 0 Å². The van der Waals surface area contributed by atoms with Gasteiger partial charge in [0.1, 0.15) is 0 Å². The number of hydrogen-bond acceptors (Lipinski definition) is 3. The molecule has 0 atom stereocenters. The van der Waals surface area contributed by atoms with Crippen LogP contribution in [-0.2, 0) is 14.2 Å². The van der Waals surface area contributed by atoms with Gasteiger partial charge >= 0.3 is 0 Å². The molecule has 3 heteroatoms. The molecule has 0 heterocycles. The van der Waals surface area contributed by atoms with Crippen LogP contribution in [0.2, 0.25) is 0 Å². The molecule has 0 aromatic carbocycles. The van der Waals surface area contributed by atoms with Crippen LogP contribution in [0.25, 0.3) is 0 Å². The van der Waals surface area contributed by atoms with Crippen molar-refractivity contribution in [2.75, 3.05) is 19.8 Å². The summed E-state index contributed by atoms with van der Waals surface area (Å²) < 4.78 is 16.4. The zero-order chi connectivity index (χ0) is 11.0. The average molecular weight is 204 g/mol. The molecule has 0 saturated heterocycles. The summed E-state index contributed by atoms with van der Waals surface area (Å²) in [5.74, 6) is 0. The lowest BCUT2D eigenvalue weighted by atomic mass is 10.2. The van der Waals surface area contributed by atoms with Crippen molar-refractivity contribution in [1.82, 2.24) is 0 Å². The molecule has 14 heavy (non-hydrogen) atoms. The molecule has 0 radical (unpaired) electrons. The first-order chi connectivity index (χ1) is 6.49. The summed E-state index contributed by atoms with van der Waals surface area (Å²) >= 11 is 0. The van der Waals surface area contributed by atoms with Crippen molar-refractivity contribution in [3.63, 3.8) is 0 Å². The molecule has 0 aromatic heterocycles. The fourth-order valence-electron chi connectivity index (χ4n) is 1.05. The fraction of sp³-hybridized carbons (Fsp3) is 1.00. The van der Waals surface area contributed by atoms with E-state index >= 15 is 0 Å². The number of ether oxygens (including phenoxy) is 3. The van der Waals surface area contributed by atoms with E-state index in [1.165, 1.54) is 0 Å². The van der Waals surface area contributed by atoms with Crippen molar-refractivity contribution in [2.45, 2.75) is 52.9 Å². The third kappa shape index (κ3) is 8.48. The van der Waals surface area contributed by atoms with E-state index in [4.69, 9.17) is 14.2 Å². The third-order valence-electron chi connectivity index (χ3n) is 1.59. The Kier molecular flexibility index (Phi) is 7.15. The molecule has 0 spiro atoms. The summed E-state index contributed by atoms with van der Waals surface area (Å²) in [4.78, 5) is 0. The maximum Gasteiger partial charge on any atom is 0.159 e. The summed E-state index contributed by atoms with van der Waals surface area (Å²) in [5.41, 5.74) is -0.0804. The first-order valence-corrected chi connectivity index (χ1v) is 5.36. The Bertz CT molecular complexity index is 123. The van der Waals surface area contributed by atoms with Gasteiger partial charge in [-0.25, -0.2) is 0 Å². The van der Waals surface area contributed by atoms with Crippen molar-refractivity contribution < 1.29 is 14.2 Å². The normalized spacial score (nSPS) is 12.4. The van der Waals surface area contributed by atoms with E-state index in [1.54, 1.807) is 0 Å². The van der Waals surface area contributed by atoms with Crippen LogP contribution in [0.3, 0.4) is 0 Å². The lowest BCUT2D eigenvalue weighted by Crippen LogP contribution is -2.24. The topological polar surface area (TPSA) is 27.7 Å². The van der Waals surface area contributed by atoms with Crippen LogP contribution in [0.1, 0.15) is 41.0 Å². The highest BCUT2D eigenvalue weighted by molar-refractivity contribution is 4.58. The number of hydrogen-bond donors (Lipinski definition) is 0. The molecule has 0 aliphatic heterocycles. The molecule has 0 aliphatic rings. The van der Waals surface area contributed by atoms with E-state index in [1.807, 2.05) is 34.6 Å². The lowest BCUT2D eigenvalue weighted by Gasteiger charge is -2.22. The summed E-state index contributed by atoms with van der Waals surface area (Å²) in [6, 6.07) is 0. The van der Waals surface area contributed by atoms with Crippen LogP contribution in [0.15, 0.2) is 0 Å². The minimum atomic E-state index is -0.118. The van der Waals surface area contributed by atoms with Crippen molar-refractivity contribution >= 4 is 0 Å². The molecule has 0 N–H and O–H groups in total. The smallest absolute Gasteiger partial charge is 0.159 e. The molecule has 3 nitrogen and oxygen atoms in total. The zero-order valence-electron chi connectivity index (χ0n) is 10.1. The van der Waals surface area contributed by atoms with Gasteiger partial charge in [-0.15, -0.1) is 0 Å². The van der Waals surface area contributed by atoms with Gasteiger partial charge < -0.3 is 14.2 Å². The first-order valence-electron chi connectivity index (χ1n) is 5.36. The van der Waals surface area contributed by atoms with E-state index in [9.17, 15) is 0 Å². The third-order valence-corrected chi connectivity index (χ3v) is 1.59. The van der Waals surface area contributed by atoms with Gasteiger partial charge in [-0.05, 0) is 34.6 Å². The Hall–Kier alpha value is -0.120. The van der Waals surface area contributed by atoms with E-state index < -0.39 is 0 Å².